The first-order valence-corrected chi connectivity index (χ1v) is 5.81. The molecule has 2 fully saturated rings. The summed E-state index contributed by atoms with van der Waals surface area (Å²) in [5.74, 6) is 0.166. The van der Waals surface area contributed by atoms with Gasteiger partial charge in [0.1, 0.15) is 5.60 Å². The zero-order chi connectivity index (χ0) is 11.3. The Balaban J connectivity index is 2.18. The molecule has 1 aliphatic carbocycles. The molecule has 3 nitrogen and oxygen atoms in total. The van der Waals surface area contributed by atoms with Gasteiger partial charge in [-0.25, -0.2) is 0 Å². The van der Waals surface area contributed by atoms with Crippen molar-refractivity contribution < 1.29 is 14.3 Å². The van der Waals surface area contributed by atoms with E-state index in [1.165, 1.54) is 13.3 Å². The Morgan fingerprint density at radius 3 is 2.73 bits per heavy atom. The van der Waals surface area contributed by atoms with Crippen molar-refractivity contribution in [3.63, 3.8) is 0 Å². The Kier molecular flexibility index (Phi) is 2.34. The van der Waals surface area contributed by atoms with Crippen molar-refractivity contribution in [1.82, 2.24) is 0 Å². The predicted molar refractivity (Wildman–Crippen MR) is 56.2 cm³/mol. The summed E-state index contributed by atoms with van der Waals surface area (Å²) in [5.41, 5.74) is -0.189. The van der Waals surface area contributed by atoms with Crippen LogP contribution in [0.2, 0.25) is 0 Å². The number of ether oxygens (including phenoxy) is 2. The van der Waals surface area contributed by atoms with E-state index in [-0.39, 0.29) is 11.6 Å². The van der Waals surface area contributed by atoms with Crippen LogP contribution in [0.3, 0.4) is 0 Å². The lowest BCUT2D eigenvalue weighted by molar-refractivity contribution is -0.159. The summed E-state index contributed by atoms with van der Waals surface area (Å²) in [6, 6.07) is 0. The van der Waals surface area contributed by atoms with Crippen molar-refractivity contribution in [3.05, 3.63) is 0 Å². The standard InChI is InChI=1S/C12H20O3/c1-8(2)11-6-5-9(3)7-12(11,15-11)14-10(4)13/h8-9H,5-7H2,1-4H3/t9-,11+,12+/m1/s1. The average molecular weight is 212 g/mol. The first-order chi connectivity index (χ1) is 6.92. The van der Waals surface area contributed by atoms with Crippen molar-refractivity contribution in [2.75, 3.05) is 0 Å². The minimum absolute atomic E-state index is 0.189. The summed E-state index contributed by atoms with van der Waals surface area (Å²) in [7, 11) is 0. The molecule has 2 aliphatic rings. The number of hydrogen-bond donors (Lipinski definition) is 0. The summed E-state index contributed by atoms with van der Waals surface area (Å²) < 4.78 is 11.3. The number of fused-ring (bicyclic) bond motifs is 1. The molecule has 1 aliphatic heterocycles. The molecule has 1 saturated heterocycles. The lowest BCUT2D eigenvalue weighted by Crippen LogP contribution is -2.39. The molecule has 0 amide bonds. The molecule has 0 aromatic carbocycles. The third-order valence-corrected chi connectivity index (χ3v) is 3.82. The highest BCUT2D eigenvalue weighted by molar-refractivity contribution is 5.67. The minimum atomic E-state index is -0.593. The Morgan fingerprint density at radius 2 is 2.20 bits per heavy atom. The highest BCUT2D eigenvalue weighted by atomic mass is 16.8. The van der Waals surface area contributed by atoms with E-state index in [1.807, 2.05) is 0 Å². The molecule has 0 bridgehead atoms. The van der Waals surface area contributed by atoms with Gasteiger partial charge in [0, 0.05) is 13.3 Å². The number of carbonyl (C=O) groups excluding carboxylic acids is 1. The third kappa shape index (κ3) is 1.48. The van der Waals surface area contributed by atoms with Gasteiger partial charge in [-0.1, -0.05) is 20.8 Å². The van der Waals surface area contributed by atoms with Crippen LogP contribution in [0.5, 0.6) is 0 Å². The van der Waals surface area contributed by atoms with Gasteiger partial charge in [0.25, 0.3) is 0 Å². The Bertz CT molecular complexity index is 287. The maximum Gasteiger partial charge on any atom is 0.305 e. The Labute approximate surface area is 91.1 Å². The summed E-state index contributed by atoms with van der Waals surface area (Å²) in [6.07, 6.45) is 3.03. The fourth-order valence-electron chi connectivity index (χ4n) is 2.97. The molecule has 3 heteroatoms. The fourth-order valence-corrected chi connectivity index (χ4v) is 2.97. The van der Waals surface area contributed by atoms with Crippen LogP contribution in [0.15, 0.2) is 0 Å². The molecule has 0 spiro atoms. The molecule has 15 heavy (non-hydrogen) atoms. The molecule has 3 atom stereocenters. The SMILES string of the molecule is CC(=O)O[C@]12C[C@H](C)CC[C@@]1(C(C)C)O2. The van der Waals surface area contributed by atoms with E-state index in [4.69, 9.17) is 9.47 Å². The van der Waals surface area contributed by atoms with Crippen molar-refractivity contribution in [1.29, 1.82) is 0 Å². The van der Waals surface area contributed by atoms with E-state index in [2.05, 4.69) is 20.8 Å². The number of esters is 1. The molecular formula is C12H20O3. The summed E-state index contributed by atoms with van der Waals surface area (Å²) in [6.45, 7) is 7.93. The maximum atomic E-state index is 11.1. The summed E-state index contributed by atoms with van der Waals surface area (Å²) >= 11 is 0. The van der Waals surface area contributed by atoms with Gasteiger partial charge in [-0.2, -0.15) is 0 Å². The molecule has 86 valence electrons. The predicted octanol–water partition coefficient (Wildman–Crippen LogP) is 2.49. The Morgan fingerprint density at radius 1 is 1.53 bits per heavy atom. The summed E-state index contributed by atoms with van der Waals surface area (Å²) in [4.78, 5) is 11.1. The van der Waals surface area contributed by atoms with Gasteiger partial charge in [0.05, 0.1) is 0 Å². The van der Waals surface area contributed by atoms with E-state index < -0.39 is 5.79 Å². The van der Waals surface area contributed by atoms with Crippen LogP contribution in [0.1, 0.15) is 47.0 Å². The van der Waals surface area contributed by atoms with E-state index in [0.717, 1.165) is 12.8 Å². The maximum absolute atomic E-state index is 11.1. The van der Waals surface area contributed by atoms with Crippen LogP contribution in [0.25, 0.3) is 0 Å². The van der Waals surface area contributed by atoms with E-state index >= 15 is 0 Å². The molecule has 0 unspecified atom stereocenters. The smallest absolute Gasteiger partial charge is 0.305 e. The van der Waals surface area contributed by atoms with E-state index in [0.29, 0.717) is 11.8 Å². The molecular weight excluding hydrogens is 192 g/mol. The number of carbonyl (C=O) groups is 1. The fraction of sp³-hybridized carbons (Fsp3) is 0.917. The molecule has 2 rings (SSSR count). The zero-order valence-electron chi connectivity index (χ0n) is 10.0. The molecule has 0 N–H and O–H groups in total. The second-order valence-electron chi connectivity index (χ2n) is 5.34. The number of epoxide rings is 1. The lowest BCUT2D eigenvalue weighted by atomic mass is 9.75. The van der Waals surface area contributed by atoms with E-state index in [9.17, 15) is 4.79 Å². The van der Waals surface area contributed by atoms with Crippen LogP contribution >= 0.6 is 0 Å². The van der Waals surface area contributed by atoms with Gasteiger partial charge in [0.15, 0.2) is 0 Å². The first kappa shape index (κ1) is 10.9. The molecule has 0 aromatic rings. The quantitative estimate of drug-likeness (QED) is 0.521. The highest BCUT2D eigenvalue weighted by Gasteiger charge is 2.75. The van der Waals surface area contributed by atoms with Crippen molar-refractivity contribution in [2.24, 2.45) is 11.8 Å². The van der Waals surface area contributed by atoms with E-state index in [1.54, 1.807) is 0 Å². The Hall–Kier alpha value is -0.570. The summed E-state index contributed by atoms with van der Waals surface area (Å²) in [5, 5.41) is 0. The van der Waals surface area contributed by atoms with Crippen LogP contribution in [0, 0.1) is 11.8 Å². The van der Waals surface area contributed by atoms with Crippen LogP contribution in [-0.4, -0.2) is 17.4 Å². The topological polar surface area (TPSA) is 38.8 Å². The van der Waals surface area contributed by atoms with Crippen LogP contribution in [-0.2, 0) is 14.3 Å². The molecule has 1 saturated carbocycles. The highest BCUT2D eigenvalue weighted by Crippen LogP contribution is 2.62. The average Bonchev–Trinajstić information content (AvgIpc) is 2.71. The number of hydrogen-bond acceptors (Lipinski definition) is 3. The number of rotatable bonds is 2. The van der Waals surface area contributed by atoms with Gasteiger partial charge >= 0.3 is 5.97 Å². The van der Waals surface area contributed by atoms with Crippen molar-refractivity contribution in [3.8, 4) is 0 Å². The lowest BCUT2D eigenvalue weighted by Gasteiger charge is -2.30. The first-order valence-electron chi connectivity index (χ1n) is 5.81. The molecule has 0 radical (unpaired) electrons. The monoisotopic (exact) mass is 212 g/mol. The van der Waals surface area contributed by atoms with Gasteiger partial charge in [-0.3, -0.25) is 4.79 Å². The normalized spacial score (nSPS) is 43.7. The largest absolute Gasteiger partial charge is 0.430 e. The molecule has 0 aromatic heterocycles. The van der Waals surface area contributed by atoms with Crippen molar-refractivity contribution >= 4 is 5.97 Å². The second kappa shape index (κ2) is 3.21. The second-order valence-corrected chi connectivity index (χ2v) is 5.34. The zero-order valence-corrected chi connectivity index (χ0v) is 10.0. The van der Waals surface area contributed by atoms with Gasteiger partial charge in [-0.05, 0) is 24.7 Å². The van der Waals surface area contributed by atoms with Gasteiger partial charge in [-0.15, -0.1) is 0 Å². The van der Waals surface area contributed by atoms with Gasteiger partial charge in [0.2, 0.25) is 5.79 Å². The third-order valence-electron chi connectivity index (χ3n) is 3.82. The van der Waals surface area contributed by atoms with Crippen molar-refractivity contribution in [2.45, 2.75) is 58.3 Å². The van der Waals surface area contributed by atoms with Gasteiger partial charge < -0.3 is 9.47 Å². The minimum Gasteiger partial charge on any atom is -0.430 e. The van der Waals surface area contributed by atoms with Crippen LogP contribution < -0.4 is 0 Å². The molecule has 1 heterocycles. The van der Waals surface area contributed by atoms with Crippen LogP contribution in [0.4, 0.5) is 0 Å².